The standard InChI is InChI=1S/C15H27N3/c1-3-5-12-18(13-6-4-2)15-14(9-10-16)8-7-11-17-15/h7-8,11H,3-6,9-10,12-13,16H2,1-2H3. The quantitative estimate of drug-likeness (QED) is 0.731. The van der Waals surface area contributed by atoms with E-state index in [1.807, 2.05) is 12.3 Å². The summed E-state index contributed by atoms with van der Waals surface area (Å²) in [5, 5.41) is 0. The third-order valence-corrected chi connectivity index (χ3v) is 3.14. The van der Waals surface area contributed by atoms with E-state index < -0.39 is 0 Å². The van der Waals surface area contributed by atoms with Crippen LogP contribution in [-0.4, -0.2) is 24.6 Å². The van der Waals surface area contributed by atoms with E-state index in [1.165, 1.54) is 31.2 Å². The fourth-order valence-electron chi connectivity index (χ4n) is 2.09. The molecule has 0 aliphatic heterocycles. The van der Waals surface area contributed by atoms with Crippen LogP contribution in [0.1, 0.15) is 45.1 Å². The van der Waals surface area contributed by atoms with Crippen LogP contribution in [0.2, 0.25) is 0 Å². The van der Waals surface area contributed by atoms with Crippen LogP contribution in [0.3, 0.4) is 0 Å². The number of anilines is 1. The van der Waals surface area contributed by atoms with Crippen LogP contribution in [0, 0.1) is 0 Å². The summed E-state index contributed by atoms with van der Waals surface area (Å²) in [6.45, 7) is 7.36. The first kappa shape index (κ1) is 15.0. The molecule has 18 heavy (non-hydrogen) atoms. The Hall–Kier alpha value is -1.09. The molecule has 0 aliphatic carbocycles. The Balaban J connectivity index is 2.81. The fourth-order valence-corrected chi connectivity index (χ4v) is 2.09. The summed E-state index contributed by atoms with van der Waals surface area (Å²) in [7, 11) is 0. The minimum absolute atomic E-state index is 0.689. The Labute approximate surface area is 111 Å². The predicted molar refractivity (Wildman–Crippen MR) is 79.0 cm³/mol. The molecule has 0 fully saturated rings. The van der Waals surface area contributed by atoms with Crippen LogP contribution in [0.5, 0.6) is 0 Å². The number of nitrogens with zero attached hydrogens (tertiary/aromatic N) is 2. The van der Waals surface area contributed by atoms with Gasteiger partial charge in [-0.15, -0.1) is 0 Å². The molecule has 102 valence electrons. The van der Waals surface area contributed by atoms with Gasteiger partial charge in [0.15, 0.2) is 0 Å². The molecule has 2 N–H and O–H groups in total. The van der Waals surface area contributed by atoms with E-state index in [-0.39, 0.29) is 0 Å². The number of unbranched alkanes of at least 4 members (excludes halogenated alkanes) is 2. The number of nitrogens with two attached hydrogens (primary N) is 1. The van der Waals surface area contributed by atoms with Crippen molar-refractivity contribution in [3.8, 4) is 0 Å². The van der Waals surface area contributed by atoms with Crippen molar-refractivity contribution in [2.75, 3.05) is 24.5 Å². The summed E-state index contributed by atoms with van der Waals surface area (Å²) < 4.78 is 0. The van der Waals surface area contributed by atoms with Gasteiger partial charge in [-0.25, -0.2) is 4.98 Å². The summed E-state index contributed by atoms with van der Waals surface area (Å²) in [5.41, 5.74) is 6.97. The van der Waals surface area contributed by atoms with E-state index >= 15 is 0 Å². The SMILES string of the molecule is CCCCN(CCCC)c1ncccc1CCN. The molecule has 0 saturated heterocycles. The lowest BCUT2D eigenvalue weighted by atomic mass is 10.1. The van der Waals surface area contributed by atoms with Crippen LogP contribution >= 0.6 is 0 Å². The minimum Gasteiger partial charge on any atom is -0.356 e. The van der Waals surface area contributed by atoms with Crippen molar-refractivity contribution in [3.63, 3.8) is 0 Å². The molecule has 0 radical (unpaired) electrons. The number of pyridine rings is 1. The molecule has 0 unspecified atom stereocenters. The van der Waals surface area contributed by atoms with Crippen molar-refractivity contribution in [2.45, 2.75) is 46.0 Å². The van der Waals surface area contributed by atoms with Gasteiger partial charge in [0.1, 0.15) is 5.82 Å². The third kappa shape index (κ3) is 4.65. The van der Waals surface area contributed by atoms with E-state index in [0.29, 0.717) is 6.54 Å². The number of rotatable bonds is 9. The number of hydrogen-bond donors (Lipinski definition) is 1. The first-order valence-electron chi connectivity index (χ1n) is 7.22. The highest BCUT2D eigenvalue weighted by Gasteiger charge is 2.11. The second kappa shape index (κ2) is 8.92. The Morgan fingerprint density at radius 3 is 2.39 bits per heavy atom. The van der Waals surface area contributed by atoms with Crippen LogP contribution in [0.25, 0.3) is 0 Å². The smallest absolute Gasteiger partial charge is 0.131 e. The molecule has 0 saturated carbocycles. The highest BCUT2D eigenvalue weighted by atomic mass is 15.2. The third-order valence-electron chi connectivity index (χ3n) is 3.14. The number of aromatic nitrogens is 1. The Morgan fingerprint density at radius 2 is 1.83 bits per heavy atom. The van der Waals surface area contributed by atoms with Crippen molar-refractivity contribution in [3.05, 3.63) is 23.9 Å². The maximum absolute atomic E-state index is 5.68. The lowest BCUT2D eigenvalue weighted by Crippen LogP contribution is -2.28. The molecule has 0 amide bonds. The zero-order valence-electron chi connectivity index (χ0n) is 11.9. The zero-order valence-corrected chi connectivity index (χ0v) is 11.9. The maximum Gasteiger partial charge on any atom is 0.131 e. The van der Waals surface area contributed by atoms with Crippen molar-refractivity contribution in [1.29, 1.82) is 0 Å². The van der Waals surface area contributed by atoms with Gasteiger partial charge in [0.2, 0.25) is 0 Å². The minimum atomic E-state index is 0.689. The summed E-state index contributed by atoms with van der Waals surface area (Å²) in [6.07, 6.45) is 7.70. The normalized spacial score (nSPS) is 10.6. The summed E-state index contributed by atoms with van der Waals surface area (Å²) in [4.78, 5) is 7.00. The monoisotopic (exact) mass is 249 g/mol. The summed E-state index contributed by atoms with van der Waals surface area (Å²) >= 11 is 0. The molecule has 1 heterocycles. The van der Waals surface area contributed by atoms with Gasteiger partial charge in [0.25, 0.3) is 0 Å². The first-order valence-corrected chi connectivity index (χ1v) is 7.22. The molecule has 1 aromatic heterocycles. The van der Waals surface area contributed by atoms with E-state index in [2.05, 4.69) is 29.8 Å². The van der Waals surface area contributed by atoms with Crippen LogP contribution in [0.15, 0.2) is 18.3 Å². The van der Waals surface area contributed by atoms with Crippen LogP contribution < -0.4 is 10.6 Å². The van der Waals surface area contributed by atoms with E-state index in [0.717, 1.165) is 25.3 Å². The molecular weight excluding hydrogens is 222 g/mol. The molecular formula is C15H27N3. The van der Waals surface area contributed by atoms with Gasteiger partial charge in [0, 0.05) is 19.3 Å². The van der Waals surface area contributed by atoms with Gasteiger partial charge in [-0.2, -0.15) is 0 Å². The van der Waals surface area contributed by atoms with Crippen molar-refractivity contribution < 1.29 is 0 Å². The van der Waals surface area contributed by atoms with Crippen LogP contribution in [0.4, 0.5) is 5.82 Å². The maximum atomic E-state index is 5.68. The van der Waals surface area contributed by atoms with Crippen molar-refractivity contribution >= 4 is 5.82 Å². The Bertz CT molecular complexity index is 317. The lowest BCUT2D eigenvalue weighted by Gasteiger charge is -2.25. The topological polar surface area (TPSA) is 42.2 Å². The molecule has 1 rings (SSSR count). The van der Waals surface area contributed by atoms with Gasteiger partial charge >= 0.3 is 0 Å². The highest BCUT2D eigenvalue weighted by molar-refractivity contribution is 5.46. The van der Waals surface area contributed by atoms with Gasteiger partial charge in [-0.05, 0) is 37.4 Å². The van der Waals surface area contributed by atoms with Gasteiger partial charge in [-0.3, -0.25) is 0 Å². The molecule has 0 spiro atoms. The van der Waals surface area contributed by atoms with Crippen molar-refractivity contribution in [1.82, 2.24) is 4.98 Å². The first-order chi connectivity index (χ1) is 8.83. The molecule has 1 aromatic rings. The second-order valence-electron chi connectivity index (χ2n) is 4.72. The summed E-state index contributed by atoms with van der Waals surface area (Å²) in [5.74, 6) is 1.14. The number of hydrogen-bond acceptors (Lipinski definition) is 3. The van der Waals surface area contributed by atoms with E-state index in [4.69, 9.17) is 5.73 Å². The van der Waals surface area contributed by atoms with E-state index in [9.17, 15) is 0 Å². The zero-order chi connectivity index (χ0) is 13.2. The molecule has 0 aliphatic rings. The average molecular weight is 249 g/mol. The largest absolute Gasteiger partial charge is 0.356 e. The van der Waals surface area contributed by atoms with Crippen molar-refractivity contribution in [2.24, 2.45) is 5.73 Å². The lowest BCUT2D eigenvalue weighted by molar-refractivity contribution is 0.667. The highest BCUT2D eigenvalue weighted by Crippen LogP contribution is 2.18. The average Bonchev–Trinajstić information content (AvgIpc) is 2.40. The summed E-state index contributed by atoms with van der Waals surface area (Å²) in [6, 6.07) is 4.16. The van der Waals surface area contributed by atoms with Gasteiger partial charge < -0.3 is 10.6 Å². The van der Waals surface area contributed by atoms with Crippen LogP contribution in [-0.2, 0) is 6.42 Å². The molecule has 3 nitrogen and oxygen atoms in total. The predicted octanol–water partition coefficient (Wildman–Crippen LogP) is 2.99. The molecule has 0 aromatic carbocycles. The Kier molecular flexibility index (Phi) is 7.42. The molecule has 0 bridgehead atoms. The van der Waals surface area contributed by atoms with E-state index in [1.54, 1.807) is 0 Å². The second-order valence-corrected chi connectivity index (χ2v) is 4.72. The molecule has 3 heteroatoms. The van der Waals surface area contributed by atoms with Gasteiger partial charge in [-0.1, -0.05) is 32.8 Å². The van der Waals surface area contributed by atoms with Gasteiger partial charge in [0.05, 0.1) is 0 Å². The Morgan fingerprint density at radius 1 is 1.17 bits per heavy atom. The fraction of sp³-hybridized carbons (Fsp3) is 0.667. The molecule has 0 atom stereocenters.